The van der Waals surface area contributed by atoms with Crippen LogP contribution in [0.25, 0.3) is 0 Å². The molecule has 4 aromatic rings. The van der Waals surface area contributed by atoms with Crippen LogP contribution < -0.4 is 31.1 Å². The largest absolute Gasteiger partial charge is 0.393 e. The Morgan fingerprint density at radius 2 is 1.28 bits per heavy atom. The lowest BCUT2D eigenvalue weighted by Crippen LogP contribution is -2.57. The minimum absolute atomic E-state index is 0.00926. The van der Waals surface area contributed by atoms with E-state index in [0.717, 1.165) is 105 Å². The summed E-state index contributed by atoms with van der Waals surface area (Å²) in [6.07, 6.45) is 15.5. The molecule has 12 nitrogen and oxygen atoms in total. The van der Waals surface area contributed by atoms with Crippen LogP contribution in [0.5, 0.6) is 0 Å². The van der Waals surface area contributed by atoms with Crippen molar-refractivity contribution >= 4 is 45.8 Å². The quantitative estimate of drug-likeness (QED) is 0.134. The number of rotatable bonds is 4. The Morgan fingerprint density at radius 1 is 0.723 bits per heavy atom. The lowest BCUT2D eigenvalue weighted by Gasteiger charge is -2.48. The van der Waals surface area contributed by atoms with E-state index in [1.165, 1.54) is 67.4 Å². The highest BCUT2D eigenvalue weighted by atomic mass is 16.5. The number of methoxy groups -OCH3 is 1. The molecule has 354 valence electrons. The maximum absolute atomic E-state index is 9.21. The summed E-state index contributed by atoms with van der Waals surface area (Å²) in [5.74, 6) is 3.55. The van der Waals surface area contributed by atoms with Crippen LogP contribution in [0.4, 0.5) is 45.8 Å². The fraction of sp³-hybridized carbons (Fsp3) is 0.585. The van der Waals surface area contributed by atoms with Crippen molar-refractivity contribution in [2.75, 3.05) is 71.0 Å². The van der Waals surface area contributed by atoms with Crippen LogP contribution in [0.2, 0.25) is 0 Å². The molecule has 2 aromatic carbocycles. The summed E-state index contributed by atoms with van der Waals surface area (Å²) in [6, 6.07) is 21.6. The summed E-state index contributed by atoms with van der Waals surface area (Å²) < 4.78 is 16.9. The molecule has 4 fully saturated rings. The van der Waals surface area contributed by atoms with Gasteiger partial charge in [-0.3, -0.25) is 0 Å². The second-order valence-corrected chi connectivity index (χ2v) is 20.3. The van der Waals surface area contributed by atoms with E-state index in [9.17, 15) is 5.11 Å². The number of fused-ring (bicyclic) bond motifs is 4. The van der Waals surface area contributed by atoms with Gasteiger partial charge in [-0.05, 0) is 134 Å². The smallest absolute Gasteiger partial charge is 0.135 e. The molecule has 0 amide bonds. The molecular weight excluding hydrogens is 813 g/mol. The number of aromatic nitrogens is 2. The van der Waals surface area contributed by atoms with Crippen molar-refractivity contribution in [1.82, 2.24) is 9.97 Å². The highest BCUT2D eigenvalue weighted by Gasteiger charge is 2.38. The minimum atomic E-state index is -0.166. The summed E-state index contributed by atoms with van der Waals surface area (Å²) in [5, 5.41) is 23.1. The zero-order chi connectivity index (χ0) is 46.0. The third-order valence-corrected chi connectivity index (χ3v) is 13.6. The third kappa shape index (κ3) is 13.5. The molecular formula is C53H78N8O4. The van der Waals surface area contributed by atoms with Crippen molar-refractivity contribution in [1.29, 1.82) is 0 Å². The standard InChI is InChI=1S/C20H26N4O.C17H20N4O.C9H18O.C7H14O/c1-19(2)12-24(13-20(3,4)25-19)15-7-8-16-17(10-15)22-11-14-6-5-9-21-18(14)23-16;1-12-11-22-8-7-21(12)14-4-5-15-16(9-14)19-10-13-3-2-6-18-17(13)20-15;1-7(2)8-3-5-9(10)6-4-8;1-8-7-5-3-2-4-6-7/h5-10,22H,11-13H2,1-4H3,(H,21,23);2-6,9,12,19H,7-8,10-11H2,1H3,(H,18,20);7-10H,3-6H2,1-2H3;7H,2-6H2,1H3. The Labute approximate surface area is 389 Å². The monoisotopic (exact) mass is 891 g/mol. The number of pyridine rings is 2. The number of anilines is 8. The van der Waals surface area contributed by atoms with Gasteiger partial charge in [-0.2, -0.15) is 0 Å². The Hall–Kier alpha value is -4.62. The number of benzene rings is 2. The zero-order valence-corrected chi connectivity index (χ0v) is 40.6. The fourth-order valence-electron chi connectivity index (χ4n) is 10.1. The Morgan fingerprint density at radius 3 is 1.80 bits per heavy atom. The van der Waals surface area contributed by atoms with Crippen LogP contribution in [0.1, 0.15) is 117 Å². The van der Waals surface area contributed by atoms with Crippen LogP contribution in [0, 0.1) is 11.8 Å². The lowest BCUT2D eigenvalue weighted by molar-refractivity contribution is -0.133. The number of aliphatic hydroxyl groups is 1. The molecule has 1 atom stereocenters. The van der Waals surface area contributed by atoms with Gasteiger partial charge in [0, 0.05) is 80.8 Å². The zero-order valence-electron chi connectivity index (χ0n) is 40.6. The predicted octanol–water partition coefficient (Wildman–Crippen LogP) is 11.3. The molecule has 6 heterocycles. The van der Waals surface area contributed by atoms with Crippen LogP contribution in [-0.4, -0.2) is 84.5 Å². The number of morpholine rings is 2. The van der Waals surface area contributed by atoms with Gasteiger partial charge in [0.15, 0.2) is 0 Å². The van der Waals surface area contributed by atoms with Crippen molar-refractivity contribution < 1.29 is 19.3 Å². The van der Waals surface area contributed by atoms with Gasteiger partial charge in [0.05, 0.1) is 59.4 Å². The number of hydrogen-bond donors (Lipinski definition) is 5. The van der Waals surface area contributed by atoms with Crippen molar-refractivity contribution in [2.24, 2.45) is 11.8 Å². The first-order valence-electron chi connectivity index (χ1n) is 24.4. The van der Waals surface area contributed by atoms with E-state index in [1.54, 1.807) is 0 Å². The van der Waals surface area contributed by atoms with Gasteiger partial charge in [-0.15, -0.1) is 0 Å². The topological polar surface area (TPSA) is 128 Å². The first-order valence-corrected chi connectivity index (χ1v) is 24.4. The highest BCUT2D eigenvalue weighted by Crippen LogP contribution is 2.38. The fourth-order valence-corrected chi connectivity index (χ4v) is 10.1. The van der Waals surface area contributed by atoms with Crippen molar-refractivity contribution in [3.63, 3.8) is 0 Å². The average molecular weight is 891 g/mol. The van der Waals surface area contributed by atoms with Gasteiger partial charge < -0.3 is 50.4 Å². The molecule has 12 heteroatoms. The maximum atomic E-state index is 9.21. The maximum Gasteiger partial charge on any atom is 0.135 e. The van der Waals surface area contributed by atoms with E-state index in [2.05, 4.69) is 138 Å². The van der Waals surface area contributed by atoms with Gasteiger partial charge in [0.1, 0.15) is 11.6 Å². The SMILES string of the molecule is CC(C)C1CCC(O)CC1.CC1(C)CN(c2ccc3c(c2)NCc2cccnc2N3)CC(C)(C)O1.CC1COCCN1c1ccc2c(c1)NCc1cccnc1N2.COC1CCCCC1. The number of ether oxygens (including phenoxy) is 3. The van der Waals surface area contributed by atoms with E-state index in [0.29, 0.717) is 12.1 Å². The lowest BCUT2D eigenvalue weighted by atomic mass is 9.81. The molecule has 4 aliphatic heterocycles. The minimum Gasteiger partial charge on any atom is -0.393 e. The molecule has 5 N–H and O–H groups in total. The summed E-state index contributed by atoms with van der Waals surface area (Å²) in [7, 11) is 1.82. The predicted molar refractivity (Wildman–Crippen MR) is 268 cm³/mol. The van der Waals surface area contributed by atoms with Gasteiger partial charge >= 0.3 is 0 Å². The third-order valence-electron chi connectivity index (χ3n) is 13.6. The second-order valence-electron chi connectivity index (χ2n) is 20.3. The number of nitrogens with zero attached hydrogens (tertiary/aromatic N) is 4. The second kappa shape index (κ2) is 22.2. The number of nitrogens with one attached hydrogen (secondary N) is 4. The average Bonchev–Trinajstić information content (AvgIpc) is 3.61. The summed E-state index contributed by atoms with van der Waals surface area (Å²) in [4.78, 5) is 13.7. The van der Waals surface area contributed by atoms with Gasteiger partial charge in [-0.25, -0.2) is 9.97 Å². The molecule has 2 saturated carbocycles. The van der Waals surface area contributed by atoms with Crippen LogP contribution in [0.15, 0.2) is 73.1 Å². The Balaban J connectivity index is 0.000000142. The summed E-state index contributed by atoms with van der Waals surface area (Å²) >= 11 is 0. The van der Waals surface area contributed by atoms with Crippen molar-refractivity contribution in [2.45, 2.75) is 149 Å². The molecule has 2 saturated heterocycles. The number of hydrogen-bond acceptors (Lipinski definition) is 12. The Kier molecular flexibility index (Phi) is 16.5. The Bertz CT molecular complexity index is 2100. The molecule has 1 unspecified atom stereocenters. The van der Waals surface area contributed by atoms with Gasteiger partial charge in [-0.1, -0.05) is 45.2 Å². The number of aliphatic hydroxyl groups excluding tert-OH is 1. The molecule has 6 aliphatic rings. The van der Waals surface area contributed by atoms with E-state index < -0.39 is 0 Å². The molecule has 0 spiro atoms. The van der Waals surface area contributed by atoms with Crippen molar-refractivity contribution in [3.8, 4) is 0 Å². The first-order chi connectivity index (χ1) is 31.3. The van der Waals surface area contributed by atoms with E-state index in [-0.39, 0.29) is 17.3 Å². The van der Waals surface area contributed by atoms with E-state index >= 15 is 0 Å². The summed E-state index contributed by atoms with van der Waals surface area (Å²) in [5.41, 5.74) is 8.84. The first kappa shape index (κ1) is 48.3. The van der Waals surface area contributed by atoms with Crippen molar-refractivity contribution in [3.05, 3.63) is 84.2 Å². The van der Waals surface area contributed by atoms with E-state index in [4.69, 9.17) is 14.2 Å². The van der Waals surface area contributed by atoms with Crippen LogP contribution in [0.3, 0.4) is 0 Å². The van der Waals surface area contributed by atoms with Gasteiger partial charge in [0.2, 0.25) is 0 Å². The highest BCUT2D eigenvalue weighted by molar-refractivity contribution is 5.81. The normalized spacial score (nSPS) is 23.0. The molecule has 10 rings (SSSR count). The molecule has 0 bridgehead atoms. The molecule has 2 aromatic heterocycles. The van der Waals surface area contributed by atoms with E-state index in [1.807, 2.05) is 31.6 Å². The molecule has 65 heavy (non-hydrogen) atoms. The summed E-state index contributed by atoms with van der Waals surface area (Å²) in [6.45, 7) is 21.2. The molecule has 2 aliphatic carbocycles. The van der Waals surface area contributed by atoms with Crippen LogP contribution >= 0.6 is 0 Å². The van der Waals surface area contributed by atoms with Gasteiger partial charge in [0.25, 0.3) is 0 Å². The molecule has 0 radical (unpaired) electrons. The van der Waals surface area contributed by atoms with Crippen LogP contribution in [-0.2, 0) is 27.3 Å².